The van der Waals surface area contributed by atoms with Crippen molar-refractivity contribution >= 4 is 17.2 Å². The molecule has 0 aliphatic carbocycles. The molecule has 1 unspecified atom stereocenters. The first-order chi connectivity index (χ1) is 9.13. The van der Waals surface area contributed by atoms with Gasteiger partial charge in [0, 0.05) is 37.1 Å². The quantitative estimate of drug-likeness (QED) is 0.489. The molecule has 1 aromatic heterocycles. The molecule has 2 heterocycles. The minimum Gasteiger partial charge on any atom is -0.298 e. The van der Waals surface area contributed by atoms with Gasteiger partial charge in [-0.15, -0.1) is 11.3 Å². The Kier molecular flexibility index (Phi) is 4.93. The van der Waals surface area contributed by atoms with Crippen LogP contribution in [-0.4, -0.2) is 47.9 Å². The van der Waals surface area contributed by atoms with E-state index in [-0.39, 0.29) is 5.91 Å². The molecule has 0 saturated carbocycles. The zero-order valence-electron chi connectivity index (χ0n) is 11.6. The summed E-state index contributed by atoms with van der Waals surface area (Å²) in [5, 5.41) is 0. The molecule has 1 aromatic rings. The molecule has 1 aliphatic heterocycles. The van der Waals surface area contributed by atoms with Crippen LogP contribution in [0.3, 0.4) is 0 Å². The minimum atomic E-state index is -0.208. The van der Waals surface area contributed by atoms with Crippen molar-refractivity contribution in [2.24, 2.45) is 5.84 Å². The van der Waals surface area contributed by atoms with Gasteiger partial charge in [0.2, 0.25) is 0 Å². The van der Waals surface area contributed by atoms with E-state index in [1.54, 1.807) is 0 Å². The zero-order valence-corrected chi connectivity index (χ0v) is 12.4. The van der Waals surface area contributed by atoms with Gasteiger partial charge in [-0.1, -0.05) is 6.92 Å². The molecule has 1 atom stereocenters. The number of piperazine rings is 1. The molecule has 6 heteroatoms. The van der Waals surface area contributed by atoms with Crippen molar-refractivity contribution < 1.29 is 4.79 Å². The molecule has 106 valence electrons. The Bertz CT molecular complexity index is 434. The van der Waals surface area contributed by atoms with Crippen LogP contribution < -0.4 is 11.3 Å². The molecule has 19 heavy (non-hydrogen) atoms. The van der Waals surface area contributed by atoms with Gasteiger partial charge in [-0.05, 0) is 25.6 Å². The van der Waals surface area contributed by atoms with Gasteiger partial charge < -0.3 is 0 Å². The Hall–Kier alpha value is -0.950. The van der Waals surface area contributed by atoms with Crippen LogP contribution in [0.2, 0.25) is 0 Å². The van der Waals surface area contributed by atoms with Gasteiger partial charge >= 0.3 is 0 Å². The summed E-state index contributed by atoms with van der Waals surface area (Å²) < 4.78 is 0. The van der Waals surface area contributed by atoms with Gasteiger partial charge in [-0.2, -0.15) is 0 Å². The number of carbonyl (C=O) groups is 1. The van der Waals surface area contributed by atoms with E-state index in [1.807, 2.05) is 12.1 Å². The molecule has 0 aromatic carbocycles. The van der Waals surface area contributed by atoms with E-state index < -0.39 is 0 Å². The fourth-order valence-electron chi connectivity index (χ4n) is 2.56. The molecule has 1 saturated heterocycles. The third-order valence-corrected chi connectivity index (χ3v) is 4.72. The highest BCUT2D eigenvalue weighted by Gasteiger charge is 2.22. The van der Waals surface area contributed by atoms with E-state index >= 15 is 0 Å². The van der Waals surface area contributed by atoms with Gasteiger partial charge in [0.1, 0.15) is 0 Å². The van der Waals surface area contributed by atoms with E-state index in [4.69, 9.17) is 5.84 Å². The van der Waals surface area contributed by atoms with Crippen LogP contribution in [0, 0.1) is 0 Å². The van der Waals surface area contributed by atoms with Crippen LogP contribution >= 0.6 is 11.3 Å². The molecule has 3 N–H and O–H groups in total. The lowest BCUT2D eigenvalue weighted by atomic mass is 10.2. The number of nitrogens with one attached hydrogen (secondary N) is 1. The van der Waals surface area contributed by atoms with Crippen LogP contribution in [-0.2, 0) is 6.54 Å². The van der Waals surface area contributed by atoms with Crippen molar-refractivity contribution in [2.75, 3.05) is 26.2 Å². The van der Waals surface area contributed by atoms with E-state index in [0.717, 1.165) is 32.7 Å². The van der Waals surface area contributed by atoms with E-state index in [2.05, 4.69) is 29.1 Å². The number of rotatable bonds is 4. The first-order valence-corrected chi connectivity index (χ1v) is 7.51. The van der Waals surface area contributed by atoms with Gasteiger partial charge in [0.05, 0.1) is 4.88 Å². The number of thiophene rings is 1. The van der Waals surface area contributed by atoms with Crippen LogP contribution in [0.5, 0.6) is 0 Å². The summed E-state index contributed by atoms with van der Waals surface area (Å²) in [4.78, 5) is 18.3. The highest BCUT2D eigenvalue weighted by molar-refractivity contribution is 7.14. The minimum absolute atomic E-state index is 0.208. The topological polar surface area (TPSA) is 61.6 Å². The van der Waals surface area contributed by atoms with E-state index in [0.29, 0.717) is 10.9 Å². The third-order valence-electron chi connectivity index (χ3n) is 3.65. The van der Waals surface area contributed by atoms with Crippen molar-refractivity contribution in [3.05, 3.63) is 21.9 Å². The van der Waals surface area contributed by atoms with Crippen molar-refractivity contribution in [3.63, 3.8) is 0 Å². The number of nitrogens with zero attached hydrogens (tertiary/aromatic N) is 2. The maximum absolute atomic E-state index is 11.4. The largest absolute Gasteiger partial charge is 0.298 e. The summed E-state index contributed by atoms with van der Waals surface area (Å²) in [6, 6.07) is 4.46. The van der Waals surface area contributed by atoms with Crippen molar-refractivity contribution in [1.82, 2.24) is 15.2 Å². The molecule has 0 spiro atoms. The molecular formula is C13H22N4OS. The van der Waals surface area contributed by atoms with Crippen LogP contribution in [0.1, 0.15) is 28.4 Å². The van der Waals surface area contributed by atoms with Crippen LogP contribution in [0.15, 0.2) is 12.1 Å². The number of amides is 1. The lowest BCUT2D eigenvalue weighted by Crippen LogP contribution is -2.51. The predicted molar refractivity (Wildman–Crippen MR) is 78.0 cm³/mol. The third kappa shape index (κ3) is 3.54. The van der Waals surface area contributed by atoms with E-state index in [9.17, 15) is 4.79 Å². The zero-order chi connectivity index (χ0) is 13.8. The summed E-state index contributed by atoms with van der Waals surface area (Å²) in [5.41, 5.74) is 2.17. The lowest BCUT2D eigenvalue weighted by Gasteiger charge is -2.39. The molecule has 1 aliphatic rings. The SMILES string of the molecule is CCN1CCN(Cc2ccc(C(=O)NN)s2)CC1C. The molecule has 0 radical (unpaired) electrons. The Morgan fingerprint density at radius 1 is 1.53 bits per heavy atom. The van der Waals surface area contributed by atoms with Gasteiger partial charge in [0.15, 0.2) is 0 Å². The number of carbonyl (C=O) groups excluding carboxylic acids is 1. The molecule has 5 nitrogen and oxygen atoms in total. The van der Waals surface area contributed by atoms with Gasteiger partial charge in [0.25, 0.3) is 5.91 Å². The lowest BCUT2D eigenvalue weighted by molar-refractivity contribution is 0.0841. The molecule has 0 bridgehead atoms. The number of hydrogen-bond acceptors (Lipinski definition) is 5. The fraction of sp³-hybridized carbons (Fsp3) is 0.615. The van der Waals surface area contributed by atoms with Crippen molar-refractivity contribution in [3.8, 4) is 0 Å². The number of nitrogens with two attached hydrogens (primary N) is 1. The second-order valence-corrected chi connectivity index (χ2v) is 6.12. The van der Waals surface area contributed by atoms with Crippen LogP contribution in [0.4, 0.5) is 0 Å². The number of hydrogen-bond donors (Lipinski definition) is 2. The number of likely N-dealkylation sites (N-methyl/N-ethyl adjacent to an activating group) is 1. The molecule has 1 amide bonds. The number of nitrogen functional groups attached to an aromatic ring is 1. The fourth-order valence-corrected chi connectivity index (χ4v) is 3.51. The average molecular weight is 282 g/mol. The van der Waals surface area contributed by atoms with Gasteiger partial charge in [-0.25, -0.2) is 5.84 Å². The Morgan fingerprint density at radius 3 is 2.95 bits per heavy atom. The van der Waals surface area contributed by atoms with Crippen molar-refractivity contribution in [2.45, 2.75) is 26.4 Å². The monoisotopic (exact) mass is 282 g/mol. The summed E-state index contributed by atoms with van der Waals surface area (Å²) in [6.45, 7) is 9.83. The second-order valence-electron chi connectivity index (χ2n) is 4.95. The Labute approximate surface area is 118 Å². The van der Waals surface area contributed by atoms with Crippen molar-refractivity contribution in [1.29, 1.82) is 0 Å². The average Bonchev–Trinajstić information content (AvgIpc) is 2.86. The summed E-state index contributed by atoms with van der Waals surface area (Å²) in [5.74, 6) is 4.93. The Morgan fingerprint density at radius 2 is 2.32 bits per heavy atom. The summed E-state index contributed by atoms with van der Waals surface area (Å²) in [7, 11) is 0. The maximum Gasteiger partial charge on any atom is 0.275 e. The van der Waals surface area contributed by atoms with Crippen LogP contribution in [0.25, 0.3) is 0 Å². The molecule has 2 rings (SSSR count). The summed E-state index contributed by atoms with van der Waals surface area (Å²) >= 11 is 1.52. The smallest absolute Gasteiger partial charge is 0.275 e. The number of hydrazine groups is 1. The molecular weight excluding hydrogens is 260 g/mol. The van der Waals surface area contributed by atoms with E-state index in [1.165, 1.54) is 16.2 Å². The highest BCUT2D eigenvalue weighted by atomic mass is 32.1. The molecule has 1 fully saturated rings. The first-order valence-electron chi connectivity index (χ1n) is 6.70. The van der Waals surface area contributed by atoms with Gasteiger partial charge in [-0.3, -0.25) is 20.0 Å². The summed E-state index contributed by atoms with van der Waals surface area (Å²) in [6.07, 6.45) is 0. The Balaban J connectivity index is 1.91. The predicted octanol–water partition coefficient (Wildman–Crippen LogP) is 0.878. The maximum atomic E-state index is 11.4. The highest BCUT2D eigenvalue weighted by Crippen LogP contribution is 2.20. The normalized spacial score (nSPS) is 21.5. The standard InChI is InChI=1S/C13H22N4OS/c1-3-17-7-6-16(8-10(17)2)9-11-4-5-12(19-11)13(18)15-14/h4-5,10H,3,6-9,14H2,1-2H3,(H,15,18). The first kappa shape index (κ1) is 14.5. The second kappa shape index (κ2) is 6.47.